The lowest BCUT2D eigenvalue weighted by Gasteiger charge is -2.37. The molecule has 2 aliphatic heterocycles. The Morgan fingerprint density at radius 1 is 1.29 bits per heavy atom. The first kappa shape index (κ1) is 16.9. The number of piperazine rings is 1. The molecule has 3 amide bonds. The summed E-state index contributed by atoms with van der Waals surface area (Å²) in [5.41, 5.74) is 1.07. The van der Waals surface area contributed by atoms with Crippen molar-refractivity contribution in [2.24, 2.45) is 5.92 Å². The van der Waals surface area contributed by atoms with Gasteiger partial charge in [-0.05, 0) is 30.5 Å². The first-order valence-corrected chi connectivity index (χ1v) is 8.76. The minimum Gasteiger partial charge on any atom is -0.368 e. The Morgan fingerprint density at radius 3 is 2.71 bits per heavy atom. The van der Waals surface area contributed by atoms with Crippen LogP contribution >= 0.6 is 11.6 Å². The van der Waals surface area contributed by atoms with E-state index in [1.807, 2.05) is 31.2 Å². The number of halogens is 1. The van der Waals surface area contributed by atoms with Crippen molar-refractivity contribution in [1.29, 1.82) is 0 Å². The zero-order valence-electron chi connectivity index (χ0n) is 13.8. The van der Waals surface area contributed by atoms with Crippen molar-refractivity contribution in [3.05, 3.63) is 29.3 Å². The molecule has 0 spiro atoms. The third-order valence-electron chi connectivity index (χ3n) is 4.77. The molecule has 0 radical (unpaired) electrons. The van der Waals surface area contributed by atoms with Gasteiger partial charge in [0.2, 0.25) is 5.91 Å². The van der Waals surface area contributed by atoms with Crippen LogP contribution in [-0.2, 0) is 4.79 Å². The van der Waals surface area contributed by atoms with E-state index in [4.69, 9.17) is 11.6 Å². The van der Waals surface area contributed by atoms with Crippen molar-refractivity contribution >= 4 is 29.2 Å². The number of rotatable bonds is 2. The fourth-order valence-electron chi connectivity index (χ4n) is 3.23. The molecule has 3 rings (SSSR count). The second-order valence-corrected chi connectivity index (χ2v) is 6.87. The van der Waals surface area contributed by atoms with Crippen LogP contribution < -0.4 is 15.5 Å². The molecule has 2 heterocycles. The minimum atomic E-state index is -0.433. The van der Waals surface area contributed by atoms with E-state index in [-0.39, 0.29) is 17.9 Å². The van der Waals surface area contributed by atoms with E-state index < -0.39 is 6.04 Å². The van der Waals surface area contributed by atoms with E-state index in [0.717, 1.165) is 25.2 Å². The monoisotopic (exact) mass is 350 g/mol. The Kier molecular flexibility index (Phi) is 5.14. The molecule has 2 atom stereocenters. The molecular formula is C17H23ClN4O2. The summed E-state index contributed by atoms with van der Waals surface area (Å²) in [6.07, 6.45) is 0.888. The van der Waals surface area contributed by atoms with Crippen LogP contribution in [0.15, 0.2) is 24.3 Å². The van der Waals surface area contributed by atoms with Gasteiger partial charge in [-0.1, -0.05) is 24.6 Å². The number of carbonyl (C=O) groups is 2. The van der Waals surface area contributed by atoms with Gasteiger partial charge in [0.25, 0.3) is 0 Å². The summed E-state index contributed by atoms with van der Waals surface area (Å²) in [6, 6.07) is 7.15. The molecule has 130 valence electrons. The van der Waals surface area contributed by atoms with Crippen molar-refractivity contribution in [2.45, 2.75) is 19.4 Å². The van der Waals surface area contributed by atoms with Gasteiger partial charge in [-0.15, -0.1) is 0 Å². The maximum Gasteiger partial charge on any atom is 0.318 e. The number of amides is 3. The van der Waals surface area contributed by atoms with Crippen LogP contribution in [0.2, 0.25) is 5.02 Å². The Labute approximate surface area is 147 Å². The lowest BCUT2D eigenvalue weighted by Crippen LogP contribution is -2.59. The van der Waals surface area contributed by atoms with Crippen LogP contribution in [0.25, 0.3) is 0 Å². The highest BCUT2D eigenvalue weighted by Crippen LogP contribution is 2.21. The van der Waals surface area contributed by atoms with Gasteiger partial charge in [-0.2, -0.15) is 0 Å². The highest BCUT2D eigenvalue weighted by atomic mass is 35.5. The van der Waals surface area contributed by atoms with Crippen LogP contribution in [0.3, 0.4) is 0 Å². The molecule has 0 aliphatic carbocycles. The van der Waals surface area contributed by atoms with Gasteiger partial charge >= 0.3 is 6.03 Å². The topological polar surface area (TPSA) is 64.7 Å². The average Bonchev–Trinajstić information content (AvgIpc) is 2.58. The maximum atomic E-state index is 12.4. The summed E-state index contributed by atoms with van der Waals surface area (Å²) in [5.74, 6) is 0.0788. The van der Waals surface area contributed by atoms with E-state index in [1.54, 1.807) is 4.90 Å². The second-order valence-electron chi connectivity index (χ2n) is 6.44. The molecule has 2 unspecified atom stereocenters. The summed E-state index contributed by atoms with van der Waals surface area (Å²) in [5, 5.41) is 6.41. The van der Waals surface area contributed by atoms with Gasteiger partial charge in [0.15, 0.2) is 0 Å². The largest absolute Gasteiger partial charge is 0.368 e. The van der Waals surface area contributed by atoms with Crippen LogP contribution in [0.5, 0.6) is 0 Å². The van der Waals surface area contributed by atoms with Crippen molar-refractivity contribution in [1.82, 2.24) is 15.5 Å². The summed E-state index contributed by atoms with van der Waals surface area (Å²) in [6.45, 7) is 5.44. The van der Waals surface area contributed by atoms with E-state index in [2.05, 4.69) is 15.5 Å². The SMILES string of the molecule is CC1CCNC(=O)C1NC(=O)N1CCN(c2cccc(Cl)c2)CC1. The third-order valence-corrected chi connectivity index (χ3v) is 5.00. The highest BCUT2D eigenvalue weighted by Gasteiger charge is 2.32. The lowest BCUT2D eigenvalue weighted by atomic mass is 9.94. The molecule has 24 heavy (non-hydrogen) atoms. The number of carbonyl (C=O) groups excluding carboxylic acids is 2. The summed E-state index contributed by atoms with van der Waals surface area (Å²) < 4.78 is 0. The van der Waals surface area contributed by atoms with Crippen LogP contribution in [0.4, 0.5) is 10.5 Å². The predicted molar refractivity (Wildman–Crippen MR) is 94.3 cm³/mol. The number of hydrogen-bond acceptors (Lipinski definition) is 3. The number of nitrogens with zero attached hydrogens (tertiary/aromatic N) is 2. The van der Waals surface area contributed by atoms with Crippen LogP contribution in [0, 0.1) is 5.92 Å². The van der Waals surface area contributed by atoms with E-state index in [9.17, 15) is 9.59 Å². The Hall–Kier alpha value is -1.95. The average molecular weight is 351 g/mol. The zero-order valence-corrected chi connectivity index (χ0v) is 14.6. The van der Waals surface area contributed by atoms with Crippen molar-refractivity contribution in [3.8, 4) is 0 Å². The molecule has 0 bridgehead atoms. The first-order valence-electron chi connectivity index (χ1n) is 8.38. The van der Waals surface area contributed by atoms with E-state index >= 15 is 0 Å². The highest BCUT2D eigenvalue weighted by molar-refractivity contribution is 6.30. The number of benzene rings is 1. The van der Waals surface area contributed by atoms with Crippen molar-refractivity contribution < 1.29 is 9.59 Å². The van der Waals surface area contributed by atoms with Gasteiger partial charge in [0, 0.05) is 43.4 Å². The molecule has 1 aromatic carbocycles. The number of anilines is 1. The summed E-state index contributed by atoms with van der Waals surface area (Å²) in [4.78, 5) is 28.4. The van der Waals surface area contributed by atoms with Gasteiger partial charge in [0.05, 0.1) is 0 Å². The Balaban J connectivity index is 1.54. The van der Waals surface area contributed by atoms with E-state index in [1.165, 1.54) is 0 Å². The van der Waals surface area contributed by atoms with Gasteiger partial charge in [-0.25, -0.2) is 4.79 Å². The summed E-state index contributed by atoms with van der Waals surface area (Å²) >= 11 is 6.04. The number of hydrogen-bond donors (Lipinski definition) is 2. The zero-order chi connectivity index (χ0) is 17.1. The van der Waals surface area contributed by atoms with E-state index in [0.29, 0.717) is 24.7 Å². The molecule has 0 aromatic heterocycles. The number of nitrogens with one attached hydrogen (secondary N) is 2. The number of piperidine rings is 1. The van der Waals surface area contributed by atoms with Crippen molar-refractivity contribution in [3.63, 3.8) is 0 Å². The standard InChI is InChI=1S/C17H23ClN4O2/c1-12-5-6-19-16(23)15(12)20-17(24)22-9-7-21(8-10-22)14-4-2-3-13(18)11-14/h2-4,11-12,15H,5-10H2,1H3,(H,19,23)(H,20,24). The second kappa shape index (κ2) is 7.30. The molecule has 2 aliphatic rings. The lowest BCUT2D eigenvalue weighted by molar-refractivity contribution is -0.125. The molecule has 2 N–H and O–H groups in total. The molecule has 6 nitrogen and oxygen atoms in total. The van der Waals surface area contributed by atoms with Gasteiger partial charge in [0.1, 0.15) is 6.04 Å². The first-order chi connectivity index (χ1) is 11.5. The third kappa shape index (κ3) is 3.75. The molecule has 7 heteroatoms. The number of urea groups is 1. The Bertz CT molecular complexity index is 616. The Morgan fingerprint density at radius 2 is 2.04 bits per heavy atom. The van der Waals surface area contributed by atoms with Gasteiger partial charge in [-0.3, -0.25) is 4.79 Å². The smallest absolute Gasteiger partial charge is 0.318 e. The van der Waals surface area contributed by atoms with Crippen molar-refractivity contribution in [2.75, 3.05) is 37.6 Å². The fraction of sp³-hybridized carbons (Fsp3) is 0.529. The predicted octanol–water partition coefficient (Wildman–Crippen LogP) is 1.70. The molecule has 1 aromatic rings. The quantitative estimate of drug-likeness (QED) is 0.853. The fourth-order valence-corrected chi connectivity index (χ4v) is 3.42. The summed E-state index contributed by atoms with van der Waals surface area (Å²) in [7, 11) is 0. The van der Waals surface area contributed by atoms with Gasteiger partial charge < -0.3 is 20.4 Å². The molecule has 0 saturated carbocycles. The van der Waals surface area contributed by atoms with Crippen LogP contribution in [-0.4, -0.2) is 55.6 Å². The van der Waals surface area contributed by atoms with Crippen LogP contribution in [0.1, 0.15) is 13.3 Å². The maximum absolute atomic E-state index is 12.4. The molecular weight excluding hydrogens is 328 g/mol. The molecule has 2 saturated heterocycles. The minimum absolute atomic E-state index is 0.0836. The molecule has 2 fully saturated rings. The normalized spacial score (nSPS) is 24.5.